The maximum absolute atomic E-state index is 3.80. The van der Waals surface area contributed by atoms with E-state index < -0.39 is 0 Å². The second kappa shape index (κ2) is 4.52. The highest BCUT2D eigenvalue weighted by Gasteiger charge is 2.39. The van der Waals surface area contributed by atoms with Crippen molar-refractivity contribution < 1.29 is 0 Å². The third kappa shape index (κ3) is 2.20. The fraction of sp³-hybridized carbons (Fsp3) is 0.867. The van der Waals surface area contributed by atoms with Gasteiger partial charge in [-0.3, -0.25) is 0 Å². The van der Waals surface area contributed by atoms with Gasteiger partial charge < -0.3 is 5.32 Å². The zero-order valence-corrected chi connectivity index (χ0v) is 10.5. The van der Waals surface area contributed by atoms with Crippen molar-refractivity contribution in [2.75, 3.05) is 0 Å². The van der Waals surface area contributed by atoms with Gasteiger partial charge in [0.1, 0.15) is 0 Å². The molecule has 3 aliphatic rings. The second-order valence-corrected chi connectivity index (χ2v) is 6.38. The van der Waals surface area contributed by atoms with Gasteiger partial charge in [-0.05, 0) is 63.2 Å². The van der Waals surface area contributed by atoms with Crippen molar-refractivity contribution in [2.45, 2.75) is 64.0 Å². The molecule has 3 aliphatic carbocycles. The summed E-state index contributed by atoms with van der Waals surface area (Å²) in [4.78, 5) is 0. The average Bonchev–Trinajstić information content (AvgIpc) is 2.92. The number of hydrogen-bond acceptors (Lipinski definition) is 1. The number of fused-ring (bicyclic) bond motifs is 2. The zero-order valence-electron chi connectivity index (χ0n) is 10.5. The molecule has 3 rings (SSSR count). The van der Waals surface area contributed by atoms with Crippen LogP contribution in [0, 0.1) is 17.8 Å². The predicted molar refractivity (Wildman–Crippen MR) is 68.3 cm³/mol. The smallest absolute Gasteiger partial charge is 0.0138 e. The molecule has 0 aliphatic heterocycles. The number of hydrogen-bond donors (Lipinski definition) is 1. The normalized spacial score (nSPS) is 39.7. The van der Waals surface area contributed by atoms with Gasteiger partial charge in [0.2, 0.25) is 0 Å². The molecule has 0 radical (unpaired) electrons. The Kier molecular flexibility index (Phi) is 3.06. The van der Waals surface area contributed by atoms with Crippen LogP contribution >= 0.6 is 0 Å². The fourth-order valence-corrected chi connectivity index (χ4v) is 4.34. The SMILES string of the molecule is C[C@@H](C[C@H]1C[C@H]2CC[C@H]1C2)NC1CC=CC1. The molecular weight excluding hydrogens is 194 g/mol. The molecule has 1 nitrogen and oxygen atoms in total. The summed E-state index contributed by atoms with van der Waals surface area (Å²) in [7, 11) is 0. The first kappa shape index (κ1) is 10.8. The largest absolute Gasteiger partial charge is 0.311 e. The molecule has 16 heavy (non-hydrogen) atoms. The lowest BCUT2D eigenvalue weighted by molar-refractivity contribution is 0.275. The quantitative estimate of drug-likeness (QED) is 0.713. The van der Waals surface area contributed by atoms with E-state index in [2.05, 4.69) is 24.4 Å². The summed E-state index contributed by atoms with van der Waals surface area (Å²) in [6, 6.07) is 1.47. The summed E-state index contributed by atoms with van der Waals surface area (Å²) in [5.41, 5.74) is 0. The highest BCUT2D eigenvalue weighted by molar-refractivity contribution is 4.99. The molecule has 0 unspecified atom stereocenters. The van der Waals surface area contributed by atoms with E-state index in [9.17, 15) is 0 Å². The Morgan fingerprint density at radius 3 is 2.62 bits per heavy atom. The first-order chi connectivity index (χ1) is 7.81. The molecule has 2 fully saturated rings. The topological polar surface area (TPSA) is 12.0 Å². The van der Waals surface area contributed by atoms with Crippen LogP contribution < -0.4 is 5.32 Å². The highest BCUT2D eigenvalue weighted by Crippen LogP contribution is 2.49. The average molecular weight is 219 g/mol. The highest BCUT2D eigenvalue weighted by atomic mass is 14.9. The van der Waals surface area contributed by atoms with E-state index in [1.165, 1.54) is 32.1 Å². The molecular formula is C15H25N. The van der Waals surface area contributed by atoms with Crippen molar-refractivity contribution in [3.05, 3.63) is 12.2 Å². The summed E-state index contributed by atoms with van der Waals surface area (Å²) in [5.74, 6) is 3.25. The van der Waals surface area contributed by atoms with Gasteiger partial charge in [-0.15, -0.1) is 0 Å². The van der Waals surface area contributed by atoms with Crippen LogP contribution in [-0.2, 0) is 0 Å². The minimum absolute atomic E-state index is 0.731. The Bertz CT molecular complexity index is 263. The van der Waals surface area contributed by atoms with E-state index in [1.807, 2.05) is 0 Å². The molecule has 1 heteroatoms. The van der Waals surface area contributed by atoms with Crippen LogP contribution in [0.1, 0.15) is 51.9 Å². The van der Waals surface area contributed by atoms with E-state index in [0.717, 1.165) is 29.8 Å². The molecule has 0 saturated heterocycles. The van der Waals surface area contributed by atoms with Crippen LogP contribution in [0.3, 0.4) is 0 Å². The van der Waals surface area contributed by atoms with Crippen LogP contribution in [0.25, 0.3) is 0 Å². The van der Waals surface area contributed by atoms with Crippen LogP contribution in [0.4, 0.5) is 0 Å². The van der Waals surface area contributed by atoms with Crippen LogP contribution in [0.2, 0.25) is 0 Å². The lowest BCUT2D eigenvalue weighted by Crippen LogP contribution is -2.36. The van der Waals surface area contributed by atoms with Crippen molar-refractivity contribution in [1.82, 2.24) is 5.32 Å². The summed E-state index contributed by atoms with van der Waals surface area (Å²) in [6.45, 7) is 2.39. The van der Waals surface area contributed by atoms with Gasteiger partial charge in [0, 0.05) is 12.1 Å². The van der Waals surface area contributed by atoms with Crippen molar-refractivity contribution >= 4 is 0 Å². The van der Waals surface area contributed by atoms with E-state index >= 15 is 0 Å². The Morgan fingerprint density at radius 1 is 1.19 bits per heavy atom. The first-order valence-electron chi connectivity index (χ1n) is 7.22. The molecule has 2 saturated carbocycles. The molecule has 2 bridgehead atoms. The van der Waals surface area contributed by atoms with Crippen molar-refractivity contribution in [1.29, 1.82) is 0 Å². The Balaban J connectivity index is 1.44. The standard InChI is InChI=1S/C15H25N/c1-11(16-15-4-2-3-5-15)8-14-10-12-6-7-13(14)9-12/h2-3,11-16H,4-10H2,1H3/t11-,12-,13-,14-/m0/s1. The fourth-order valence-electron chi connectivity index (χ4n) is 4.34. The molecule has 0 aromatic rings. The first-order valence-corrected chi connectivity index (χ1v) is 7.22. The van der Waals surface area contributed by atoms with Gasteiger partial charge in [-0.25, -0.2) is 0 Å². The maximum Gasteiger partial charge on any atom is 0.0138 e. The van der Waals surface area contributed by atoms with Gasteiger partial charge in [0.05, 0.1) is 0 Å². The van der Waals surface area contributed by atoms with Gasteiger partial charge in [0.25, 0.3) is 0 Å². The van der Waals surface area contributed by atoms with Gasteiger partial charge in [-0.1, -0.05) is 18.6 Å². The summed E-state index contributed by atoms with van der Waals surface area (Å²) >= 11 is 0. The zero-order chi connectivity index (χ0) is 11.0. The molecule has 0 aromatic carbocycles. The van der Waals surface area contributed by atoms with Crippen molar-refractivity contribution in [2.24, 2.45) is 17.8 Å². The van der Waals surface area contributed by atoms with Crippen molar-refractivity contribution in [3.63, 3.8) is 0 Å². The Labute approximate surface area is 99.7 Å². The molecule has 1 N–H and O–H groups in total. The Hall–Kier alpha value is -0.300. The lowest BCUT2D eigenvalue weighted by atomic mass is 9.84. The summed E-state index contributed by atoms with van der Waals surface area (Å²) < 4.78 is 0. The van der Waals surface area contributed by atoms with Crippen LogP contribution in [0.15, 0.2) is 12.2 Å². The summed E-state index contributed by atoms with van der Waals surface area (Å²) in [5, 5.41) is 3.80. The van der Waals surface area contributed by atoms with Crippen LogP contribution in [0.5, 0.6) is 0 Å². The van der Waals surface area contributed by atoms with Crippen molar-refractivity contribution in [3.8, 4) is 0 Å². The molecule has 0 aromatic heterocycles. The summed E-state index contributed by atoms with van der Waals surface area (Å²) in [6.07, 6.45) is 14.7. The number of rotatable bonds is 4. The monoisotopic (exact) mass is 219 g/mol. The molecule has 90 valence electrons. The van der Waals surface area contributed by atoms with E-state index in [0.29, 0.717) is 0 Å². The molecule has 0 amide bonds. The van der Waals surface area contributed by atoms with Gasteiger partial charge >= 0.3 is 0 Å². The third-order valence-corrected chi connectivity index (χ3v) is 5.07. The van der Waals surface area contributed by atoms with Gasteiger partial charge in [-0.2, -0.15) is 0 Å². The number of nitrogens with one attached hydrogen (secondary N) is 1. The second-order valence-electron chi connectivity index (χ2n) is 6.38. The maximum atomic E-state index is 3.80. The minimum atomic E-state index is 0.731. The molecule has 0 heterocycles. The Morgan fingerprint density at radius 2 is 2.00 bits per heavy atom. The van der Waals surface area contributed by atoms with Crippen LogP contribution in [-0.4, -0.2) is 12.1 Å². The molecule has 4 atom stereocenters. The molecule has 0 spiro atoms. The van der Waals surface area contributed by atoms with E-state index in [1.54, 1.807) is 12.8 Å². The minimum Gasteiger partial charge on any atom is -0.311 e. The van der Waals surface area contributed by atoms with E-state index in [-0.39, 0.29) is 0 Å². The third-order valence-electron chi connectivity index (χ3n) is 5.07. The van der Waals surface area contributed by atoms with Gasteiger partial charge in [0.15, 0.2) is 0 Å². The predicted octanol–water partition coefficient (Wildman–Crippen LogP) is 3.51. The lowest BCUT2D eigenvalue weighted by Gasteiger charge is -2.27. The van der Waals surface area contributed by atoms with E-state index in [4.69, 9.17) is 0 Å².